The predicted molar refractivity (Wildman–Crippen MR) is 41.8 cm³/mol. The number of allylic oxidation sites excluding steroid dienone is 1. The molecule has 0 saturated heterocycles. The second kappa shape index (κ2) is 5.51. The van der Waals surface area contributed by atoms with E-state index in [1.807, 2.05) is 13.0 Å². The van der Waals surface area contributed by atoms with Crippen LogP contribution in [0, 0.1) is 0 Å². The number of aliphatic imine (C=N–C) groups is 1. The Kier molecular flexibility index (Phi) is 5.12. The van der Waals surface area contributed by atoms with Crippen LogP contribution in [0.4, 0.5) is 0 Å². The van der Waals surface area contributed by atoms with Crippen molar-refractivity contribution >= 4 is 6.72 Å². The second-order valence-corrected chi connectivity index (χ2v) is 1.81. The summed E-state index contributed by atoms with van der Waals surface area (Å²) in [5.41, 5.74) is 0.982. The van der Waals surface area contributed by atoms with Crippen molar-refractivity contribution in [1.29, 1.82) is 0 Å². The molecule has 0 unspecified atom stereocenters. The summed E-state index contributed by atoms with van der Waals surface area (Å²) in [5.74, 6) is 0. The van der Waals surface area contributed by atoms with Crippen molar-refractivity contribution in [1.82, 2.24) is 5.32 Å². The first-order chi connectivity index (χ1) is 4.31. The van der Waals surface area contributed by atoms with Crippen LogP contribution in [0.25, 0.3) is 0 Å². The van der Waals surface area contributed by atoms with E-state index in [9.17, 15) is 0 Å². The second-order valence-electron chi connectivity index (χ2n) is 1.81. The summed E-state index contributed by atoms with van der Waals surface area (Å²) in [6.45, 7) is 9.29. The molecule has 0 fully saturated rings. The first kappa shape index (κ1) is 8.37. The van der Waals surface area contributed by atoms with Gasteiger partial charge in [0, 0.05) is 12.2 Å². The van der Waals surface area contributed by atoms with Crippen LogP contribution in [-0.4, -0.2) is 19.8 Å². The summed E-state index contributed by atoms with van der Waals surface area (Å²) in [6, 6.07) is 0. The lowest BCUT2D eigenvalue weighted by atomic mass is 10.4. The van der Waals surface area contributed by atoms with Gasteiger partial charge < -0.3 is 5.32 Å². The molecule has 0 amide bonds. The van der Waals surface area contributed by atoms with Gasteiger partial charge in [-0.25, -0.2) is 0 Å². The maximum atomic E-state index is 3.73. The van der Waals surface area contributed by atoms with Crippen LogP contribution in [0.1, 0.15) is 13.8 Å². The van der Waals surface area contributed by atoms with Gasteiger partial charge >= 0.3 is 0 Å². The monoisotopic (exact) mass is 126 g/mol. The van der Waals surface area contributed by atoms with Gasteiger partial charge in [0.2, 0.25) is 0 Å². The van der Waals surface area contributed by atoms with Crippen LogP contribution in [0.5, 0.6) is 0 Å². The van der Waals surface area contributed by atoms with Crippen LogP contribution in [0.3, 0.4) is 0 Å². The average molecular weight is 126 g/mol. The normalized spacial score (nSPS) is 11.6. The van der Waals surface area contributed by atoms with Crippen LogP contribution >= 0.6 is 0 Å². The van der Waals surface area contributed by atoms with Gasteiger partial charge in [0.15, 0.2) is 0 Å². The third kappa shape index (κ3) is 5.24. The summed E-state index contributed by atoms with van der Waals surface area (Å²) in [7, 11) is 0. The highest BCUT2D eigenvalue weighted by atomic mass is 14.8. The molecule has 2 heteroatoms. The highest BCUT2D eigenvalue weighted by Crippen LogP contribution is 1.88. The molecule has 0 aromatic carbocycles. The predicted octanol–water partition coefficient (Wildman–Crippen LogP) is 1.20. The molecule has 0 bridgehead atoms. The molecule has 0 heterocycles. The van der Waals surface area contributed by atoms with Crippen molar-refractivity contribution in [2.24, 2.45) is 4.99 Å². The van der Waals surface area contributed by atoms with Crippen molar-refractivity contribution in [2.45, 2.75) is 13.8 Å². The van der Waals surface area contributed by atoms with E-state index in [0.717, 1.165) is 18.8 Å². The standard InChI is InChI=1S/C7H14N2/c1-4-9-6-5-7(2)8-3/h5,9H,3-4,6H2,1-2H3/b7-5-. The molecule has 9 heavy (non-hydrogen) atoms. The number of hydrogen-bond acceptors (Lipinski definition) is 2. The molecule has 2 nitrogen and oxygen atoms in total. The number of rotatable bonds is 4. The molecule has 0 rings (SSSR count). The third-order valence-corrected chi connectivity index (χ3v) is 1.04. The number of hydrogen-bond donors (Lipinski definition) is 1. The van der Waals surface area contributed by atoms with E-state index in [0.29, 0.717) is 0 Å². The Morgan fingerprint density at radius 2 is 2.44 bits per heavy atom. The van der Waals surface area contributed by atoms with Crippen LogP contribution in [-0.2, 0) is 0 Å². The van der Waals surface area contributed by atoms with Gasteiger partial charge in [0.1, 0.15) is 0 Å². The Morgan fingerprint density at radius 3 is 2.89 bits per heavy atom. The van der Waals surface area contributed by atoms with Crippen molar-refractivity contribution in [3.8, 4) is 0 Å². The van der Waals surface area contributed by atoms with E-state index >= 15 is 0 Å². The molecule has 0 spiro atoms. The largest absolute Gasteiger partial charge is 0.313 e. The van der Waals surface area contributed by atoms with E-state index in [4.69, 9.17) is 0 Å². The smallest absolute Gasteiger partial charge is 0.0338 e. The fraction of sp³-hybridized carbons (Fsp3) is 0.571. The van der Waals surface area contributed by atoms with E-state index in [1.54, 1.807) is 0 Å². The van der Waals surface area contributed by atoms with E-state index in [-0.39, 0.29) is 0 Å². The summed E-state index contributed by atoms with van der Waals surface area (Å²) in [6.07, 6.45) is 2.01. The lowest BCUT2D eigenvalue weighted by Crippen LogP contribution is -2.11. The Labute approximate surface area is 56.7 Å². The minimum Gasteiger partial charge on any atom is -0.313 e. The number of likely N-dealkylation sites (N-methyl/N-ethyl adjacent to an activating group) is 1. The average Bonchev–Trinajstić information content (AvgIpc) is 1.89. The fourth-order valence-corrected chi connectivity index (χ4v) is 0.429. The third-order valence-electron chi connectivity index (χ3n) is 1.04. The molecule has 0 saturated carbocycles. The minimum atomic E-state index is 0.890. The summed E-state index contributed by atoms with van der Waals surface area (Å²) in [4.78, 5) is 3.73. The van der Waals surface area contributed by atoms with Crippen molar-refractivity contribution in [3.05, 3.63) is 11.8 Å². The quantitative estimate of drug-likeness (QED) is 0.444. The highest BCUT2D eigenvalue weighted by Gasteiger charge is 1.78. The van der Waals surface area contributed by atoms with Gasteiger partial charge in [-0.2, -0.15) is 0 Å². The summed E-state index contributed by atoms with van der Waals surface area (Å²) >= 11 is 0. The van der Waals surface area contributed by atoms with Crippen molar-refractivity contribution < 1.29 is 0 Å². The van der Waals surface area contributed by atoms with Gasteiger partial charge in [-0.1, -0.05) is 6.92 Å². The van der Waals surface area contributed by atoms with Gasteiger partial charge in [-0.05, 0) is 26.3 Å². The molecular formula is C7H14N2. The molecule has 0 aliphatic heterocycles. The first-order valence-corrected chi connectivity index (χ1v) is 3.15. The summed E-state index contributed by atoms with van der Waals surface area (Å²) < 4.78 is 0. The highest BCUT2D eigenvalue weighted by molar-refractivity contribution is 5.28. The van der Waals surface area contributed by atoms with Gasteiger partial charge in [0.05, 0.1) is 0 Å². The Morgan fingerprint density at radius 1 is 1.78 bits per heavy atom. The SMILES string of the molecule is C=N/C(C)=C\CNCC. The number of nitrogens with zero attached hydrogens (tertiary/aromatic N) is 1. The zero-order valence-corrected chi connectivity index (χ0v) is 6.15. The maximum absolute atomic E-state index is 3.73. The molecule has 1 N–H and O–H groups in total. The van der Waals surface area contributed by atoms with Crippen molar-refractivity contribution in [3.63, 3.8) is 0 Å². The lowest BCUT2D eigenvalue weighted by molar-refractivity contribution is 0.795. The van der Waals surface area contributed by atoms with E-state index in [1.165, 1.54) is 0 Å². The van der Waals surface area contributed by atoms with Crippen LogP contribution in [0.15, 0.2) is 16.8 Å². The van der Waals surface area contributed by atoms with Gasteiger partial charge in [-0.15, -0.1) is 0 Å². The first-order valence-electron chi connectivity index (χ1n) is 3.15. The minimum absolute atomic E-state index is 0.890. The molecule has 0 aromatic rings. The number of nitrogens with one attached hydrogen (secondary N) is 1. The molecule has 52 valence electrons. The Hall–Kier alpha value is -0.630. The van der Waals surface area contributed by atoms with E-state index in [2.05, 4.69) is 24.0 Å². The topological polar surface area (TPSA) is 24.4 Å². The molecule has 0 atom stereocenters. The molecule has 0 aromatic heterocycles. The molecule has 0 radical (unpaired) electrons. The maximum Gasteiger partial charge on any atom is 0.0338 e. The molecule has 0 aliphatic carbocycles. The van der Waals surface area contributed by atoms with Gasteiger partial charge in [-0.3, -0.25) is 4.99 Å². The lowest BCUT2D eigenvalue weighted by Gasteiger charge is -1.93. The van der Waals surface area contributed by atoms with Gasteiger partial charge in [0.25, 0.3) is 0 Å². The Bertz CT molecular complexity index is 105. The van der Waals surface area contributed by atoms with E-state index < -0.39 is 0 Å². The van der Waals surface area contributed by atoms with Crippen LogP contribution < -0.4 is 5.32 Å². The Balaban J connectivity index is 3.31. The summed E-state index contributed by atoms with van der Waals surface area (Å²) in [5, 5.41) is 3.15. The molecular weight excluding hydrogens is 112 g/mol. The van der Waals surface area contributed by atoms with Crippen molar-refractivity contribution in [2.75, 3.05) is 13.1 Å². The fourth-order valence-electron chi connectivity index (χ4n) is 0.429. The van der Waals surface area contributed by atoms with Crippen LogP contribution in [0.2, 0.25) is 0 Å². The molecule has 0 aliphatic rings. The zero-order chi connectivity index (χ0) is 7.11. The zero-order valence-electron chi connectivity index (χ0n) is 6.15.